The molecule has 0 amide bonds. The minimum absolute atomic E-state index is 0. The summed E-state index contributed by atoms with van der Waals surface area (Å²) in [7, 11) is 0. The highest BCUT2D eigenvalue weighted by Gasteiger charge is 2.14. The number of nitrogens with zero attached hydrogens (tertiary/aromatic N) is 2. The second-order valence-corrected chi connectivity index (χ2v) is 3.42. The van der Waals surface area contributed by atoms with Gasteiger partial charge < -0.3 is 10.5 Å². The summed E-state index contributed by atoms with van der Waals surface area (Å²) in [4.78, 5) is 19.6. The molecule has 0 bridgehead atoms. The molecule has 0 aromatic carbocycles. The topological polar surface area (TPSA) is 78.1 Å². The van der Waals surface area contributed by atoms with Gasteiger partial charge in [-0.1, -0.05) is 11.8 Å². The predicted molar refractivity (Wildman–Crippen MR) is 64.9 cm³/mol. The molecule has 0 unspecified atom stereocenters. The summed E-state index contributed by atoms with van der Waals surface area (Å²) in [6, 6.07) is 0. The van der Waals surface area contributed by atoms with E-state index in [0.29, 0.717) is 23.0 Å². The van der Waals surface area contributed by atoms with Crippen molar-refractivity contribution >= 4 is 30.1 Å². The van der Waals surface area contributed by atoms with Crippen molar-refractivity contribution in [1.82, 2.24) is 9.97 Å². The maximum Gasteiger partial charge on any atom is 0.341 e. The molecule has 0 aliphatic heterocycles. The quantitative estimate of drug-likeness (QED) is 0.501. The van der Waals surface area contributed by atoms with E-state index in [0.717, 1.165) is 0 Å². The number of carbonyl (C=O) groups is 1. The first-order valence-corrected chi connectivity index (χ1v) is 5.72. The number of esters is 1. The van der Waals surface area contributed by atoms with Gasteiger partial charge in [-0.15, -0.1) is 12.4 Å². The van der Waals surface area contributed by atoms with Gasteiger partial charge in [0.25, 0.3) is 0 Å². The first-order valence-electron chi connectivity index (χ1n) is 4.50. The summed E-state index contributed by atoms with van der Waals surface area (Å²) < 4.78 is 4.86. The van der Waals surface area contributed by atoms with Gasteiger partial charge in [0.1, 0.15) is 5.56 Å². The maximum atomic E-state index is 11.5. The van der Waals surface area contributed by atoms with Crippen LogP contribution in [0.5, 0.6) is 0 Å². The van der Waals surface area contributed by atoms with Crippen molar-refractivity contribution in [3.63, 3.8) is 0 Å². The average molecular weight is 264 g/mol. The van der Waals surface area contributed by atoms with Crippen LogP contribution in [-0.4, -0.2) is 28.8 Å². The van der Waals surface area contributed by atoms with Crippen molar-refractivity contribution in [3.05, 3.63) is 17.5 Å². The Morgan fingerprint density at radius 2 is 2.31 bits per heavy atom. The smallest absolute Gasteiger partial charge is 0.341 e. The first kappa shape index (κ1) is 15.2. The Labute approximate surface area is 105 Å². The van der Waals surface area contributed by atoms with E-state index in [4.69, 9.17) is 10.5 Å². The van der Waals surface area contributed by atoms with Crippen LogP contribution in [0.2, 0.25) is 0 Å². The Kier molecular flexibility index (Phi) is 7.03. The monoisotopic (exact) mass is 263 g/mol. The van der Waals surface area contributed by atoms with Gasteiger partial charge in [-0.25, -0.2) is 14.8 Å². The largest absolute Gasteiger partial charge is 0.462 e. The van der Waals surface area contributed by atoms with Gasteiger partial charge in [-0.3, -0.25) is 0 Å². The molecule has 1 aromatic heterocycles. The van der Waals surface area contributed by atoms with E-state index in [2.05, 4.69) is 9.97 Å². The number of aromatic nitrogens is 2. The summed E-state index contributed by atoms with van der Waals surface area (Å²) in [6.07, 6.45) is 3.32. The molecule has 0 aliphatic carbocycles. The van der Waals surface area contributed by atoms with Gasteiger partial charge >= 0.3 is 5.97 Å². The Balaban J connectivity index is 0.00000225. The highest BCUT2D eigenvalue weighted by molar-refractivity contribution is 7.98. The predicted octanol–water partition coefficient (Wildman–Crippen LogP) is 1.26. The van der Waals surface area contributed by atoms with Crippen LogP contribution in [0.4, 0.5) is 0 Å². The number of halogens is 1. The molecule has 16 heavy (non-hydrogen) atoms. The second kappa shape index (κ2) is 7.43. The molecule has 5 nitrogen and oxygen atoms in total. The molecule has 2 N–H and O–H groups in total. The third-order valence-electron chi connectivity index (χ3n) is 1.72. The van der Waals surface area contributed by atoms with E-state index in [1.807, 2.05) is 6.26 Å². The number of rotatable bonds is 4. The third-order valence-corrected chi connectivity index (χ3v) is 2.28. The van der Waals surface area contributed by atoms with E-state index >= 15 is 0 Å². The third kappa shape index (κ3) is 3.62. The SMILES string of the molecule is CCOC(=O)c1cnc(SC)nc1CN.Cl. The molecule has 90 valence electrons. The zero-order valence-electron chi connectivity index (χ0n) is 9.10. The van der Waals surface area contributed by atoms with Crippen LogP contribution in [0, 0.1) is 0 Å². The fraction of sp³-hybridized carbons (Fsp3) is 0.444. The molecule has 0 aliphatic rings. The lowest BCUT2D eigenvalue weighted by Crippen LogP contribution is -2.13. The van der Waals surface area contributed by atoms with Crippen LogP contribution in [-0.2, 0) is 11.3 Å². The number of ether oxygens (including phenoxy) is 1. The van der Waals surface area contributed by atoms with Crippen molar-refractivity contribution in [1.29, 1.82) is 0 Å². The van der Waals surface area contributed by atoms with Crippen LogP contribution in [0.25, 0.3) is 0 Å². The molecule has 1 aromatic rings. The van der Waals surface area contributed by atoms with E-state index in [1.54, 1.807) is 6.92 Å². The van der Waals surface area contributed by atoms with Crippen molar-refractivity contribution in [3.8, 4) is 0 Å². The Morgan fingerprint density at radius 3 is 2.81 bits per heavy atom. The standard InChI is InChI=1S/C9H13N3O2S.ClH/c1-3-14-8(13)6-5-11-9(15-2)12-7(6)4-10;/h5H,3-4,10H2,1-2H3;1H. The molecule has 0 saturated heterocycles. The van der Waals surface area contributed by atoms with Crippen molar-refractivity contribution in [2.75, 3.05) is 12.9 Å². The van der Waals surface area contributed by atoms with Crippen molar-refractivity contribution in [2.45, 2.75) is 18.6 Å². The molecule has 1 rings (SSSR count). The van der Waals surface area contributed by atoms with Crippen LogP contribution in [0.3, 0.4) is 0 Å². The van der Waals surface area contributed by atoms with Gasteiger partial charge in [0.15, 0.2) is 5.16 Å². The lowest BCUT2D eigenvalue weighted by molar-refractivity contribution is 0.0523. The molecule has 0 atom stereocenters. The van der Waals surface area contributed by atoms with E-state index in [-0.39, 0.29) is 19.0 Å². The number of carbonyl (C=O) groups excluding carboxylic acids is 1. The fourth-order valence-electron chi connectivity index (χ4n) is 1.03. The lowest BCUT2D eigenvalue weighted by atomic mass is 10.2. The zero-order chi connectivity index (χ0) is 11.3. The second-order valence-electron chi connectivity index (χ2n) is 2.64. The average Bonchev–Trinajstić information content (AvgIpc) is 2.28. The Hall–Kier alpha value is -0.850. The summed E-state index contributed by atoms with van der Waals surface area (Å²) in [6.45, 7) is 2.27. The van der Waals surface area contributed by atoms with Gasteiger partial charge in [0, 0.05) is 12.7 Å². The Bertz CT molecular complexity index is 363. The number of thioether (sulfide) groups is 1. The molecule has 0 spiro atoms. The van der Waals surface area contributed by atoms with Gasteiger partial charge in [0.05, 0.1) is 12.3 Å². The maximum absolute atomic E-state index is 11.5. The molecule has 1 heterocycles. The molecular weight excluding hydrogens is 250 g/mol. The van der Waals surface area contributed by atoms with E-state index < -0.39 is 5.97 Å². The molecule has 0 saturated carbocycles. The highest BCUT2D eigenvalue weighted by Crippen LogP contribution is 2.12. The van der Waals surface area contributed by atoms with E-state index in [9.17, 15) is 4.79 Å². The fourth-order valence-corrected chi connectivity index (χ4v) is 1.39. The van der Waals surface area contributed by atoms with Crippen LogP contribution in [0.1, 0.15) is 23.0 Å². The minimum atomic E-state index is -0.425. The Morgan fingerprint density at radius 1 is 1.62 bits per heavy atom. The van der Waals surface area contributed by atoms with Crippen LogP contribution < -0.4 is 5.73 Å². The molecule has 7 heteroatoms. The molecular formula is C9H14ClN3O2S. The van der Waals surface area contributed by atoms with Gasteiger partial charge in [0.2, 0.25) is 0 Å². The van der Waals surface area contributed by atoms with E-state index in [1.165, 1.54) is 18.0 Å². The lowest BCUT2D eigenvalue weighted by Gasteiger charge is -2.06. The number of nitrogens with two attached hydrogens (primary N) is 1. The summed E-state index contributed by atoms with van der Waals surface area (Å²) in [5.74, 6) is -0.425. The summed E-state index contributed by atoms with van der Waals surface area (Å²) in [5, 5.41) is 0.600. The van der Waals surface area contributed by atoms with Crippen LogP contribution >= 0.6 is 24.2 Å². The van der Waals surface area contributed by atoms with Gasteiger partial charge in [-0.05, 0) is 13.2 Å². The van der Waals surface area contributed by atoms with Crippen molar-refractivity contribution in [2.24, 2.45) is 5.73 Å². The van der Waals surface area contributed by atoms with Crippen LogP contribution in [0.15, 0.2) is 11.4 Å². The van der Waals surface area contributed by atoms with Crippen molar-refractivity contribution < 1.29 is 9.53 Å². The zero-order valence-corrected chi connectivity index (χ0v) is 10.7. The van der Waals surface area contributed by atoms with Gasteiger partial charge in [-0.2, -0.15) is 0 Å². The normalized spacial score (nSPS) is 9.44. The summed E-state index contributed by atoms with van der Waals surface area (Å²) in [5.41, 5.74) is 6.37. The minimum Gasteiger partial charge on any atom is -0.462 e. The summed E-state index contributed by atoms with van der Waals surface area (Å²) >= 11 is 1.40. The highest BCUT2D eigenvalue weighted by atomic mass is 35.5. The first-order chi connectivity index (χ1) is 7.22. The molecule has 0 fully saturated rings. The molecule has 0 radical (unpaired) electrons. The number of hydrogen-bond acceptors (Lipinski definition) is 6. The number of hydrogen-bond donors (Lipinski definition) is 1.